The van der Waals surface area contributed by atoms with Gasteiger partial charge in [0.05, 0.1) is 6.20 Å². The van der Waals surface area contributed by atoms with Gasteiger partial charge in [-0.05, 0) is 19.1 Å². The summed E-state index contributed by atoms with van der Waals surface area (Å²) >= 11 is 0. The predicted molar refractivity (Wildman–Crippen MR) is 47.3 cm³/mol. The fraction of sp³-hybridized carbons (Fsp3) is 0.333. The van der Waals surface area contributed by atoms with Crippen molar-refractivity contribution in [3.63, 3.8) is 0 Å². The topological polar surface area (TPSA) is 59.4 Å². The molecule has 0 fully saturated rings. The van der Waals surface area contributed by atoms with E-state index in [4.69, 9.17) is 5.11 Å². The van der Waals surface area contributed by atoms with Gasteiger partial charge in [0.15, 0.2) is 6.10 Å². The number of alkyl halides is 3. The second-order valence-electron chi connectivity index (χ2n) is 2.99. The number of ether oxygens (including phenoxy) is 1. The molecule has 0 unspecified atom stereocenters. The van der Waals surface area contributed by atoms with Gasteiger partial charge in [0, 0.05) is 0 Å². The van der Waals surface area contributed by atoms with Crippen LogP contribution in [0.5, 0.6) is 5.75 Å². The molecular weight excluding hydrogens is 227 g/mol. The molecule has 1 aromatic rings. The molecule has 88 valence electrons. The van der Waals surface area contributed by atoms with Gasteiger partial charge in [0.1, 0.15) is 11.4 Å². The van der Waals surface area contributed by atoms with Crippen molar-refractivity contribution in [3.05, 3.63) is 24.0 Å². The van der Waals surface area contributed by atoms with Crippen molar-refractivity contribution in [1.29, 1.82) is 0 Å². The van der Waals surface area contributed by atoms with E-state index >= 15 is 0 Å². The number of carboxylic acid groups (broad SMARTS) is 1. The van der Waals surface area contributed by atoms with Crippen LogP contribution in [0, 0.1) is 0 Å². The van der Waals surface area contributed by atoms with Crippen LogP contribution < -0.4 is 4.74 Å². The Bertz CT molecular complexity index is 375. The van der Waals surface area contributed by atoms with E-state index in [-0.39, 0.29) is 11.4 Å². The van der Waals surface area contributed by atoms with E-state index in [1.165, 1.54) is 0 Å². The number of hydrogen-bond acceptors (Lipinski definition) is 3. The normalized spacial score (nSPS) is 13.2. The van der Waals surface area contributed by atoms with Crippen LogP contribution in [0.15, 0.2) is 18.3 Å². The molecule has 0 spiro atoms. The Kier molecular flexibility index (Phi) is 3.36. The van der Waals surface area contributed by atoms with Crippen molar-refractivity contribution in [1.82, 2.24) is 4.98 Å². The van der Waals surface area contributed by atoms with Crippen molar-refractivity contribution < 1.29 is 27.8 Å². The van der Waals surface area contributed by atoms with Gasteiger partial charge in [-0.2, -0.15) is 13.2 Å². The maximum absolute atomic E-state index is 12.1. The highest BCUT2D eigenvalue weighted by Gasteiger charge is 2.38. The van der Waals surface area contributed by atoms with Gasteiger partial charge in [-0.1, -0.05) is 0 Å². The van der Waals surface area contributed by atoms with Gasteiger partial charge in [-0.3, -0.25) is 0 Å². The minimum Gasteiger partial charge on any atom is -0.480 e. The van der Waals surface area contributed by atoms with E-state index in [0.29, 0.717) is 0 Å². The number of aromatic nitrogens is 1. The quantitative estimate of drug-likeness (QED) is 0.871. The number of carbonyl (C=O) groups is 1. The van der Waals surface area contributed by atoms with E-state index in [9.17, 15) is 18.0 Å². The molecule has 1 N–H and O–H groups in total. The molecule has 16 heavy (non-hydrogen) atoms. The lowest BCUT2D eigenvalue weighted by molar-refractivity contribution is -0.189. The standard InChI is InChI=1S/C9H8F3NO3/c1-5(9(10,11)12)16-6-2-3-7(8(14)15)13-4-6/h2-5H,1H3,(H,14,15)/t5-/m0/s1. The highest BCUT2D eigenvalue weighted by atomic mass is 19.4. The van der Waals surface area contributed by atoms with Gasteiger partial charge < -0.3 is 9.84 Å². The molecule has 0 aliphatic rings. The number of aromatic carboxylic acids is 1. The van der Waals surface area contributed by atoms with Crippen LogP contribution in [0.3, 0.4) is 0 Å². The van der Waals surface area contributed by atoms with Crippen molar-refractivity contribution in [2.24, 2.45) is 0 Å². The van der Waals surface area contributed by atoms with E-state index in [0.717, 1.165) is 25.3 Å². The fourth-order valence-electron chi connectivity index (χ4n) is 0.847. The molecule has 0 aliphatic heterocycles. The number of halogens is 3. The SMILES string of the molecule is C[C@H](Oc1ccc(C(=O)O)nc1)C(F)(F)F. The molecule has 1 aromatic heterocycles. The van der Waals surface area contributed by atoms with Crippen LogP contribution in [0.1, 0.15) is 17.4 Å². The van der Waals surface area contributed by atoms with Gasteiger partial charge >= 0.3 is 12.1 Å². The zero-order valence-corrected chi connectivity index (χ0v) is 8.15. The average Bonchev–Trinajstić information content (AvgIpc) is 2.17. The number of pyridine rings is 1. The highest BCUT2D eigenvalue weighted by molar-refractivity contribution is 5.85. The smallest absolute Gasteiger partial charge is 0.425 e. The van der Waals surface area contributed by atoms with Crippen molar-refractivity contribution in [2.75, 3.05) is 0 Å². The Hall–Kier alpha value is -1.79. The minimum atomic E-state index is -4.47. The van der Waals surface area contributed by atoms with Gasteiger partial charge in [0.25, 0.3) is 0 Å². The minimum absolute atomic E-state index is 0.130. The second kappa shape index (κ2) is 4.38. The van der Waals surface area contributed by atoms with Crippen LogP contribution >= 0.6 is 0 Å². The molecule has 0 radical (unpaired) electrons. The van der Waals surface area contributed by atoms with Crippen LogP contribution in [0.4, 0.5) is 13.2 Å². The Balaban J connectivity index is 2.73. The summed E-state index contributed by atoms with van der Waals surface area (Å²) in [6.45, 7) is 0.852. The first-order chi connectivity index (χ1) is 7.30. The number of carboxylic acids is 1. The Morgan fingerprint density at radius 2 is 2.12 bits per heavy atom. The third kappa shape index (κ3) is 3.11. The zero-order chi connectivity index (χ0) is 12.3. The summed E-state index contributed by atoms with van der Waals surface area (Å²) in [4.78, 5) is 13.8. The van der Waals surface area contributed by atoms with Crippen molar-refractivity contribution >= 4 is 5.97 Å². The molecule has 0 aromatic carbocycles. The average molecular weight is 235 g/mol. The molecule has 0 saturated carbocycles. The van der Waals surface area contributed by atoms with E-state index < -0.39 is 18.2 Å². The summed E-state index contributed by atoms with van der Waals surface area (Å²) < 4.78 is 40.8. The Morgan fingerprint density at radius 3 is 2.50 bits per heavy atom. The molecule has 1 heterocycles. The molecule has 0 aliphatic carbocycles. The van der Waals surface area contributed by atoms with Crippen LogP contribution in [0.2, 0.25) is 0 Å². The largest absolute Gasteiger partial charge is 0.480 e. The Morgan fingerprint density at radius 1 is 1.50 bits per heavy atom. The summed E-state index contributed by atoms with van der Waals surface area (Å²) in [7, 11) is 0. The van der Waals surface area contributed by atoms with Crippen LogP contribution in [-0.4, -0.2) is 28.3 Å². The molecule has 7 heteroatoms. The molecule has 0 saturated heterocycles. The lowest BCUT2D eigenvalue weighted by Gasteiger charge is -2.17. The molecule has 1 atom stereocenters. The number of nitrogens with zero attached hydrogens (tertiary/aromatic N) is 1. The maximum Gasteiger partial charge on any atom is 0.425 e. The van der Waals surface area contributed by atoms with E-state index in [2.05, 4.69) is 9.72 Å². The second-order valence-corrected chi connectivity index (χ2v) is 2.99. The van der Waals surface area contributed by atoms with Crippen molar-refractivity contribution in [2.45, 2.75) is 19.2 Å². The molecule has 0 bridgehead atoms. The first kappa shape index (κ1) is 12.3. The molecular formula is C9H8F3NO3. The summed E-state index contributed by atoms with van der Waals surface area (Å²) in [5.74, 6) is -1.38. The van der Waals surface area contributed by atoms with Gasteiger partial charge in [-0.15, -0.1) is 0 Å². The molecule has 1 rings (SSSR count). The Labute approximate surface area is 88.7 Å². The van der Waals surface area contributed by atoms with Gasteiger partial charge in [-0.25, -0.2) is 9.78 Å². The lowest BCUT2D eigenvalue weighted by atomic mass is 10.3. The fourth-order valence-corrected chi connectivity index (χ4v) is 0.847. The maximum atomic E-state index is 12.1. The van der Waals surface area contributed by atoms with Crippen LogP contribution in [0.25, 0.3) is 0 Å². The summed E-state index contributed by atoms with van der Waals surface area (Å²) in [6, 6.07) is 2.19. The van der Waals surface area contributed by atoms with E-state index in [1.807, 2.05) is 0 Å². The summed E-state index contributed by atoms with van der Waals surface area (Å²) in [6.07, 6.45) is -5.50. The van der Waals surface area contributed by atoms with Crippen molar-refractivity contribution in [3.8, 4) is 5.75 Å². The molecule has 0 amide bonds. The number of rotatable bonds is 3. The number of hydrogen-bond donors (Lipinski definition) is 1. The zero-order valence-electron chi connectivity index (χ0n) is 8.15. The third-order valence-corrected chi connectivity index (χ3v) is 1.73. The first-order valence-electron chi connectivity index (χ1n) is 4.23. The lowest BCUT2D eigenvalue weighted by Crippen LogP contribution is -2.31. The van der Waals surface area contributed by atoms with Crippen LogP contribution in [-0.2, 0) is 0 Å². The summed E-state index contributed by atoms with van der Waals surface area (Å²) in [5.41, 5.74) is -0.257. The predicted octanol–water partition coefficient (Wildman–Crippen LogP) is 2.11. The first-order valence-corrected chi connectivity index (χ1v) is 4.23. The monoisotopic (exact) mass is 235 g/mol. The van der Waals surface area contributed by atoms with E-state index in [1.54, 1.807) is 0 Å². The van der Waals surface area contributed by atoms with Gasteiger partial charge in [0.2, 0.25) is 0 Å². The summed E-state index contributed by atoms with van der Waals surface area (Å²) in [5, 5.41) is 8.50. The third-order valence-electron chi connectivity index (χ3n) is 1.73. The molecule has 4 nitrogen and oxygen atoms in total. The highest BCUT2D eigenvalue weighted by Crippen LogP contribution is 2.24.